The fourth-order valence-corrected chi connectivity index (χ4v) is 3.63. The largest absolute Gasteiger partial charge is 0.350 e. The van der Waals surface area contributed by atoms with Crippen LogP contribution in [-0.4, -0.2) is 17.7 Å². The van der Waals surface area contributed by atoms with Gasteiger partial charge in [-0.05, 0) is 66.1 Å². The summed E-state index contributed by atoms with van der Waals surface area (Å²) < 4.78 is 13.5. The molecule has 6 nitrogen and oxygen atoms in total. The van der Waals surface area contributed by atoms with E-state index in [1.807, 2.05) is 31.2 Å². The van der Waals surface area contributed by atoms with E-state index in [2.05, 4.69) is 10.6 Å². The summed E-state index contributed by atoms with van der Waals surface area (Å²) in [7, 11) is 0. The molecule has 4 rings (SSSR count). The van der Waals surface area contributed by atoms with Crippen molar-refractivity contribution in [1.82, 2.24) is 0 Å². The molecule has 0 fully saturated rings. The summed E-state index contributed by atoms with van der Waals surface area (Å²) in [4.78, 5) is 39.1. The van der Waals surface area contributed by atoms with E-state index in [-0.39, 0.29) is 17.2 Å². The van der Waals surface area contributed by atoms with Gasteiger partial charge in [-0.2, -0.15) is 0 Å². The third kappa shape index (κ3) is 4.52. The van der Waals surface area contributed by atoms with Gasteiger partial charge in [-0.3, -0.25) is 14.4 Å². The van der Waals surface area contributed by atoms with Gasteiger partial charge >= 0.3 is 0 Å². The maximum atomic E-state index is 13.5. The number of rotatable bonds is 6. The van der Waals surface area contributed by atoms with Gasteiger partial charge in [-0.15, -0.1) is 0 Å². The van der Waals surface area contributed by atoms with E-state index in [4.69, 9.17) is 0 Å². The van der Waals surface area contributed by atoms with Gasteiger partial charge in [-0.25, -0.2) is 9.29 Å². The van der Waals surface area contributed by atoms with Crippen LogP contribution in [0.3, 0.4) is 0 Å². The van der Waals surface area contributed by atoms with Crippen molar-refractivity contribution >= 4 is 40.4 Å². The van der Waals surface area contributed by atoms with E-state index in [0.717, 1.165) is 16.9 Å². The van der Waals surface area contributed by atoms with E-state index in [1.54, 1.807) is 24.3 Å². The van der Waals surface area contributed by atoms with Crippen LogP contribution in [0.1, 0.15) is 25.0 Å². The fourth-order valence-electron chi connectivity index (χ4n) is 3.63. The number of aryl methyl sites for hydroxylation is 1. The van der Waals surface area contributed by atoms with Crippen molar-refractivity contribution in [1.29, 1.82) is 0 Å². The first-order chi connectivity index (χ1) is 15.9. The second-order valence-electron chi connectivity index (χ2n) is 7.61. The quantitative estimate of drug-likeness (QED) is 0.540. The molecule has 0 bridgehead atoms. The van der Waals surface area contributed by atoms with Gasteiger partial charge < -0.3 is 10.6 Å². The number of halogens is 1. The van der Waals surface area contributed by atoms with Crippen LogP contribution in [0.25, 0.3) is 5.57 Å². The van der Waals surface area contributed by atoms with Crippen LogP contribution in [0.2, 0.25) is 0 Å². The number of nitrogens with one attached hydrogen (secondary N) is 2. The van der Waals surface area contributed by atoms with Crippen molar-refractivity contribution in [2.24, 2.45) is 0 Å². The average molecular weight is 443 g/mol. The lowest BCUT2D eigenvalue weighted by molar-refractivity contribution is -0.120. The SMILES string of the molecule is CCc1ccc(NC2=C(c3ccc(F)cc3)C(=O)N(c3ccc(NC(C)=O)cc3)C2=O)cc1. The van der Waals surface area contributed by atoms with Crippen molar-refractivity contribution < 1.29 is 18.8 Å². The molecule has 7 heteroatoms. The Morgan fingerprint density at radius 2 is 1.45 bits per heavy atom. The Bertz CT molecular complexity index is 1250. The Balaban J connectivity index is 1.73. The zero-order valence-corrected chi connectivity index (χ0v) is 18.2. The predicted molar refractivity (Wildman–Crippen MR) is 126 cm³/mol. The Kier molecular flexibility index (Phi) is 6.04. The zero-order chi connectivity index (χ0) is 23.5. The van der Waals surface area contributed by atoms with Gasteiger partial charge in [0.05, 0.1) is 11.3 Å². The molecular weight excluding hydrogens is 421 g/mol. The van der Waals surface area contributed by atoms with E-state index < -0.39 is 17.6 Å². The Hall–Kier alpha value is -4.26. The molecule has 3 aromatic rings. The predicted octanol–water partition coefficient (Wildman–Crippen LogP) is 4.74. The summed E-state index contributed by atoms with van der Waals surface area (Å²) in [5, 5.41) is 5.74. The lowest BCUT2D eigenvalue weighted by Crippen LogP contribution is -2.32. The zero-order valence-electron chi connectivity index (χ0n) is 18.2. The molecule has 33 heavy (non-hydrogen) atoms. The lowest BCUT2D eigenvalue weighted by Gasteiger charge is -2.16. The smallest absolute Gasteiger partial charge is 0.282 e. The van der Waals surface area contributed by atoms with E-state index in [0.29, 0.717) is 22.6 Å². The standard InChI is InChI=1S/C26H22FN3O3/c1-3-17-4-10-21(11-5-17)29-24-23(18-6-8-19(27)9-7-18)25(32)30(26(24)33)22-14-12-20(13-15-22)28-16(2)31/h4-15,29H,3H2,1-2H3,(H,28,31). The Morgan fingerprint density at radius 3 is 2.03 bits per heavy atom. The Labute approximate surface area is 190 Å². The lowest BCUT2D eigenvalue weighted by atomic mass is 10.0. The van der Waals surface area contributed by atoms with Crippen LogP contribution in [0.5, 0.6) is 0 Å². The van der Waals surface area contributed by atoms with Gasteiger partial charge in [0.15, 0.2) is 0 Å². The molecule has 0 spiro atoms. The van der Waals surface area contributed by atoms with Crippen molar-refractivity contribution in [3.63, 3.8) is 0 Å². The molecular formula is C26H22FN3O3. The van der Waals surface area contributed by atoms with Crippen LogP contribution in [0.15, 0.2) is 78.5 Å². The van der Waals surface area contributed by atoms with Gasteiger partial charge in [-0.1, -0.05) is 31.2 Å². The minimum absolute atomic E-state index is 0.113. The molecule has 2 N–H and O–H groups in total. The summed E-state index contributed by atoms with van der Waals surface area (Å²) in [5.74, 6) is -1.71. The topological polar surface area (TPSA) is 78.5 Å². The number of carbonyl (C=O) groups excluding carboxylic acids is 3. The molecule has 0 saturated carbocycles. The number of hydrogen-bond acceptors (Lipinski definition) is 4. The van der Waals surface area contributed by atoms with Gasteiger partial charge in [0.25, 0.3) is 11.8 Å². The van der Waals surface area contributed by atoms with Crippen molar-refractivity contribution in [3.8, 4) is 0 Å². The monoisotopic (exact) mass is 443 g/mol. The number of anilines is 3. The molecule has 0 saturated heterocycles. The molecule has 3 aromatic carbocycles. The molecule has 0 atom stereocenters. The number of imide groups is 1. The number of amides is 3. The summed E-state index contributed by atoms with van der Waals surface area (Å²) in [6.07, 6.45) is 0.878. The van der Waals surface area contributed by atoms with Gasteiger partial charge in [0, 0.05) is 18.3 Å². The molecule has 0 unspecified atom stereocenters. The van der Waals surface area contributed by atoms with E-state index >= 15 is 0 Å². The number of benzene rings is 3. The number of hydrogen-bond donors (Lipinski definition) is 2. The third-order valence-electron chi connectivity index (χ3n) is 5.29. The molecule has 0 aliphatic carbocycles. The molecule has 1 heterocycles. The maximum Gasteiger partial charge on any atom is 0.282 e. The molecule has 3 amide bonds. The second kappa shape index (κ2) is 9.08. The summed E-state index contributed by atoms with van der Waals surface area (Å²) in [6.45, 7) is 3.44. The van der Waals surface area contributed by atoms with Crippen LogP contribution < -0.4 is 15.5 Å². The normalized spacial score (nSPS) is 13.5. The summed E-state index contributed by atoms with van der Waals surface area (Å²) >= 11 is 0. The highest BCUT2D eigenvalue weighted by Crippen LogP contribution is 2.34. The molecule has 166 valence electrons. The first kappa shape index (κ1) is 22.0. The van der Waals surface area contributed by atoms with Crippen molar-refractivity contribution in [2.75, 3.05) is 15.5 Å². The summed E-state index contributed by atoms with van der Waals surface area (Å²) in [5.41, 5.74) is 3.41. The molecule has 1 aliphatic heterocycles. The van der Waals surface area contributed by atoms with Crippen molar-refractivity contribution in [3.05, 3.63) is 95.4 Å². The van der Waals surface area contributed by atoms with Crippen LogP contribution >= 0.6 is 0 Å². The highest BCUT2D eigenvalue weighted by molar-refractivity contribution is 6.46. The van der Waals surface area contributed by atoms with Crippen LogP contribution in [0, 0.1) is 5.82 Å². The number of carbonyl (C=O) groups is 3. The van der Waals surface area contributed by atoms with Crippen LogP contribution in [-0.2, 0) is 20.8 Å². The molecule has 0 aromatic heterocycles. The van der Waals surface area contributed by atoms with Crippen molar-refractivity contribution in [2.45, 2.75) is 20.3 Å². The highest BCUT2D eigenvalue weighted by Gasteiger charge is 2.40. The third-order valence-corrected chi connectivity index (χ3v) is 5.29. The van der Waals surface area contributed by atoms with E-state index in [1.165, 1.54) is 31.2 Å². The van der Waals surface area contributed by atoms with Crippen LogP contribution in [0.4, 0.5) is 21.5 Å². The second-order valence-corrected chi connectivity index (χ2v) is 7.61. The first-order valence-electron chi connectivity index (χ1n) is 10.5. The highest BCUT2D eigenvalue weighted by atomic mass is 19.1. The van der Waals surface area contributed by atoms with Gasteiger partial charge in [0.2, 0.25) is 5.91 Å². The minimum atomic E-state index is -0.522. The average Bonchev–Trinajstić information content (AvgIpc) is 3.04. The first-order valence-corrected chi connectivity index (χ1v) is 10.5. The molecule has 0 radical (unpaired) electrons. The summed E-state index contributed by atoms with van der Waals surface area (Å²) in [6, 6.07) is 19.4. The minimum Gasteiger partial charge on any atom is -0.350 e. The van der Waals surface area contributed by atoms with Gasteiger partial charge in [0.1, 0.15) is 11.5 Å². The Morgan fingerprint density at radius 1 is 0.848 bits per heavy atom. The maximum absolute atomic E-state index is 13.5. The fraction of sp³-hybridized carbons (Fsp3) is 0.115. The molecule has 1 aliphatic rings. The van der Waals surface area contributed by atoms with E-state index in [9.17, 15) is 18.8 Å². The number of nitrogens with zero attached hydrogens (tertiary/aromatic N) is 1.